The van der Waals surface area contributed by atoms with E-state index < -0.39 is 0 Å². The van der Waals surface area contributed by atoms with E-state index in [9.17, 15) is 0 Å². The molecule has 0 unspecified atom stereocenters. The first kappa shape index (κ1) is 23.0. The van der Waals surface area contributed by atoms with E-state index >= 15 is 0 Å². The summed E-state index contributed by atoms with van der Waals surface area (Å²) in [6.45, 7) is 0. The summed E-state index contributed by atoms with van der Waals surface area (Å²) in [6.07, 6.45) is 0. The maximum atomic E-state index is 6.91. The van der Waals surface area contributed by atoms with Gasteiger partial charge in [-0.3, -0.25) is 0 Å². The summed E-state index contributed by atoms with van der Waals surface area (Å²) in [5.74, 6) is 1.79. The Morgan fingerprint density at radius 1 is 0.308 bits per heavy atom. The molecule has 1 aromatic heterocycles. The van der Waals surface area contributed by atoms with E-state index in [2.05, 4.69) is 152 Å². The van der Waals surface area contributed by atoms with Crippen molar-refractivity contribution < 1.29 is 4.42 Å². The van der Waals surface area contributed by atoms with Crippen LogP contribution in [0.5, 0.6) is 0 Å². The van der Waals surface area contributed by atoms with Gasteiger partial charge in [-0.1, -0.05) is 146 Å². The first-order valence-electron chi connectivity index (χ1n) is 13.3. The fourth-order valence-corrected chi connectivity index (χ4v) is 5.46. The second kappa shape index (κ2) is 9.96. The van der Waals surface area contributed by atoms with E-state index in [1.54, 1.807) is 0 Å². The zero-order valence-electron chi connectivity index (χ0n) is 21.4. The summed E-state index contributed by atoms with van der Waals surface area (Å²) in [5.41, 5.74) is 9.15. The van der Waals surface area contributed by atoms with Crippen LogP contribution in [0.15, 0.2) is 162 Å². The van der Waals surface area contributed by atoms with Crippen molar-refractivity contribution in [1.82, 2.24) is 0 Å². The third kappa shape index (κ3) is 4.24. The molecule has 7 aromatic rings. The molecule has 0 saturated carbocycles. The van der Waals surface area contributed by atoms with Crippen LogP contribution < -0.4 is 0 Å². The molecular weight excluding hydrogens is 472 g/mol. The molecule has 39 heavy (non-hydrogen) atoms. The smallest absolute Gasteiger partial charge is 0.143 e. The van der Waals surface area contributed by atoms with Gasteiger partial charge in [-0.15, -0.1) is 0 Å². The van der Waals surface area contributed by atoms with Gasteiger partial charge in [0, 0.05) is 21.9 Å². The van der Waals surface area contributed by atoms with Crippen molar-refractivity contribution in [3.05, 3.63) is 158 Å². The van der Waals surface area contributed by atoms with E-state index in [0.717, 1.165) is 55.7 Å². The van der Waals surface area contributed by atoms with Crippen LogP contribution in [-0.4, -0.2) is 0 Å². The second-order valence-corrected chi connectivity index (χ2v) is 9.72. The lowest BCUT2D eigenvalue weighted by Gasteiger charge is -2.18. The molecule has 0 fully saturated rings. The largest absolute Gasteiger partial charge is 0.455 e. The van der Waals surface area contributed by atoms with Gasteiger partial charge in [-0.2, -0.15) is 0 Å². The normalized spacial score (nSPS) is 11.1. The molecule has 0 bridgehead atoms. The number of hydrogen-bond donors (Lipinski definition) is 0. The van der Waals surface area contributed by atoms with Crippen molar-refractivity contribution in [1.29, 1.82) is 0 Å². The average Bonchev–Trinajstić information content (AvgIpc) is 3.41. The Bertz CT molecular complexity index is 1810. The fourth-order valence-electron chi connectivity index (χ4n) is 5.46. The molecule has 1 heteroatoms. The molecule has 0 aliphatic rings. The summed E-state index contributed by atoms with van der Waals surface area (Å²) in [4.78, 5) is 0. The molecule has 0 N–H and O–H groups in total. The topological polar surface area (TPSA) is 13.1 Å². The van der Waals surface area contributed by atoms with Crippen LogP contribution in [0, 0.1) is 0 Å². The van der Waals surface area contributed by atoms with Crippen molar-refractivity contribution in [3.63, 3.8) is 0 Å². The van der Waals surface area contributed by atoms with Crippen LogP contribution in [0.3, 0.4) is 0 Å². The van der Waals surface area contributed by atoms with Crippen molar-refractivity contribution in [2.24, 2.45) is 0 Å². The van der Waals surface area contributed by atoms with Gasteiger partial charge in [-0.05, 0) is 45.5 Å². The molecular formula is C38H26O. The highest BCUT2D eigenvalue weighted by molar-refractivity contribution is 6.08. The molecule has 0 atom stereocenters. The van der Waals surface area contributed by atoms with Crippen LogP contribution >= 0.6 is 0 Å². The Labute approximate surface area is 228 Å². The number of rotatable bonds is 5. The van der Waals surface area contributed by atoms with Crippen molar-refractivity contribution in [3.8, 4) is 56.0 Å². The zero-order valence-corrected chi connectivity index (χ0v) is 21.4. The van der Waals surface area contributed by atoms with Gasteiger partial charge in [-0.25, -0.2) is 0 Å². The van der Waals surface area contributed by atoms with Gasteiger partial charge in [0.15, 0.2) is 0 Å². The molecule has 1 heterocycles. The lowest BCUT2D eigenvalue weighted by atomic mass is 9.86. The quantitative estimate of drug-likeness (QED) is 0.230. The van der Waals surface area contributed by atoms with Gasteiger partial charge in [0.1, 0.15) is 11.5 Å². The second-order valence-electron chi connectivity index (χ2n) is 9.72. The first-order valence-corrected chi connectivity index (χ1v) is 13.3. The Hall–Kier alpha value is -5.14. The third-order valence-electron chi connectivity index (χ3n) is 7.30. The van der Waals surface area contributed by atoms with Crippen LogP contribution in [0.2, 0.25) is 0 Å². The molecule has 0 radical (unpaired) electrons. The predicted molar refractivity (Wildman–Crippen MR) is 163 cm³/mol. The molecule has 6 aromatic carbocycles. The Kier molecular flexibility index (Phi) is 5.88. The SMILES string of the molecule is c1ccc(-c2cc(-c3ccccc3)c(-c3oc(-c4ccccc4)c4ccccc34)c(-c3ccccc3)c2)cc1. The van der Waals surface area contributed by atoms with Crippen molar-refractivity contribution >= 4 is 10.8 Å². The lowest BCUT2D eigenvalue weighted by Crippen LogP contribution is -1.92. The maximum Gasteiger partial charge on any atom is 0.143 e. The molecule has 7 rings (SSSR count). The maximum absolute atomic E-state index is 6.91. The van der Waals surface area contributed by atoms with E-state index in [0.29, 0.717) is 0 Å². The highest BCUT2D eigenvalue weighted by Gasteiger charge is 2.23. The standard InChI is InChI=1S/C38H26O/c1-5-15-27(16-6-1)31-25-34(28-17-7-2-8-18-28)36(35(26-31)29-19-9-3-10-20-29)38-33-24-14-13-23-32(33)37(39-38)30-21-11-4-12-22-30/h1-26H. The van der Waals surface area contributed by atoms with E-state index in [1.165, 1.54) is 11.1 Å². The van der Waals surface area contributed by atoms with Gasteiger partial charge >= 0.3 is 0 Å². The monoisotopic (exact) mass is 498 g/mol. The molecule has 0 saturated heterocycles. The van der Waals surface area contributed by atoms with Gasteiger partial charge in [0.25, 0.3) is 0 Å². The van der Waals surface area contributed by atoms with Gasteiger partial charge in [0.05, 0.1) is 0 Å². The number of hydrogen-bond acceptors (Lipinski definition) is 1. The highest BCUT2D eigenvalue weighted by Crippen LogP contribution is 2.48. The summed E-state index contributed by atoms with van der Waals surface area (Å²) < 4.78 is 6.91. The number of furan rings is 1. The Morgan fingerprint density at radius 2 is 0.692 bits per heavy atom. The van der Waals surface area contributed by atoms with E-state index in [-0.39, 0.29) is 0 Å². The molecule has 0 amide bonds. The summed E-state index contributed by atoms with van der Waals surface area (Å²) in [6, 6.07) is 55.4. The van der Waals surface area contributed by atoms with Gasteiger partial charge < -0.3 is 4.42 Å². The molecule has 184 valence electrons. The summed E-state index contributed by atoms with van der Waals surface area (Å²) >= 11 is 0. The fraction of sp³-hybridized carbons (Fsp3) is 0. The van der Waals surface area contributed by atoms with Crippen molar-refractivity contribution in [2.75, 3.05) is 0 Å². The third-order valence-corrected chi connectivity index (χ3v) is 7.30. The van der Waals surface area contributed by atoms with E-state index in [1.807, 2.05) is 6.07 Å². The minimum Gasteiger partial charge on any atom is -0.455 e. The summed E-state index contributed by atoms with van der Waals surface area (Å²) in [7, 11) is 0. The number of benzene rings is 6. The van der Waals surface area contributed by atoms with Gasteiger partial charge in [0.2, 0.25) is 0 Å². The number of fused-ring (bicyclic) bond motifs is 1. The average molecular weight is 499 g/mol. The van der Waals surface area contributed by atoms with E-state index in [4.69, 9.17) is 4.42 Å². The minimum absolute atomic E-state index is 0.891. The minimum atomic E-state index is 0.891. The van der Waals surface area contributed by atoms with Crippen LogP contribution in [0.4, 0.5) is 0 Å². The Morgan fingerprint density at radius 3 is 1.18 bits per heavy atom. The zero-order chi connectivity index (χ0) is 26.0. The van der Waals surface area contributed by atoms with Crippen LogP contribution in [-0.2, 0) is 0 Å². The predicted octanol–water partition coefficient (Wildman–Crippen LogP) is 10.8. The molecule has 0 aliphatic heterocycles. The molecule has 0 aliphatic carbocycles. The lowest BCUT2D eigenvalue weighted by molar-refractivity contribution is 0.602. The first-order chi connectivity index (χ1) is 19.4. The van der Waals surface area contributed by atoms with Crippen LogP contribution in [0.1, 0.15) is 0 Å². The summed E-state index contributed by atoms with van der Waals surface area (Å²) in [5, 5.41) is 2.22. The van der Waals surface area contributed by atoms with Crippen LogP contribution in [0.25, 0.3) is 66.8 Å². The molecule has 0 spiro atoms. The Balaban J connectivity index is 1.61. The van der Waals surface area contributed by atoms with Crippen molar-refractivity contribution in [2.45, 2.75) is 0 Å². The highest BCUT2D eigenvalue weighted by atomic mass is 16.3. The molecule has 1 nitrogen and oxygen atoms in total.